The minimum atomic E-state index is -0.643. The lowest BCUT2D eigenvalue weighted by Crippen LogP contribution is -2.39. The van der Waals surface area contributed by atoms with Gasteiger partial charge in [-0.1, -0.05) is 24.3 Å². The zero-order valence-corrected chi connectivity index (χ0v) is 22.8. The first kappa shape index (κ1) is 25.7. The third-order valence-corrected chi connectivity index (χ3v) is 8.97. The summed E-state index contributed by atoms with van der Waals surface area (Å²) in [7, 11) is 0. The molecule has 1 saturated heterocycles. The highest BCUT2D eigenvalue weighted by molar-refractivity contribution is 5.96. The summed E-state index contributed by atoms with van der Waals surface area (Å²) in [6.45, 7) is 3.57. The number of hydrogen-bond donors (Lipinski definition) is 1. The van der Waals surface area contributed by atoms with Crippen LogP contribution >= 0.6 is 0 Å². The van der Waals surface area contributed by atoms with Crippen LogP contribution in [-0.4, -0.2) is 46.0 Å². The Morgan fingerprint density at radius 2 is 1.80 bits per heavy atom. The highest BCUT2D eigenvalue weighted by Gasteiger charge is 2.34. The molecule has 210 valence electrons. The highest BCUT2D eigenvalue weighted by atomic mass is 19.1. The molecule has 1 aliphatic carbocycles. The van der Waals surface area contributed by atoms with Gasteiger partial charge in [0.2, 0.25) is 5.91 Å². The Bertz CT molecular complexity index is 1710. The van der Waals surface area contributed by atoms with Gasteiger partial charge in [0.15, 0.2) is 5.82 Å². The summed E-state index contributed by atoms with van der Waals surface area (Å²) < 4.78 is 33.1. The largest absolute Gasteiger partial charge is 0.371 e. The number of nitrogens with zero attached hydrogens (tertiary/aromatic N) is 4. The molecule has 1 saturated carbocycles. The number of primary amides is 1. The topological polar surface area (TPSA) is 83.9 Å². The SMILES string of the molecule is C[C@@H]1c2ccccc2CCN1C(=O)c1cc(C2CC2)n2nc(-c3ccc(N4CC[C@H](C(N)=O)C4)cc3F)cc2c1F. The number of benzene rings is 2. The fourth-order valence-electron chi connectivity index (χ4n) is 6.44. The van der Waals surface area contributed by atoms with Crippen LogP contribution in [0.25, 0.3) is 16.8 Å². The number of pyridine rings is 1. The first-order valence-corrected chi connectivity index (χ1v) is 14.2. The Morgan fingerprint density at radius 1 is 1.00 bits per heavy atom. The molecule has 0 radical (unpaired) electrons. The van der Waals surface area contributed by atoms with Crippen LogP contribution in [0.15, 0.2) is 54.6 Å². The smallest absolute Gasteiger partial charge is 0.257 e. The minimum Gasteiger partial charge on any atom is -0.371 e. The summed E-state index contributed by atoms with van der Waals surface area (Å²) in [4.78, 5) is 29.0. The molecular weight excluding hydrogens is 524 g/mol. The number of nitrogens with two attached hydrogens (primary N) is 1. The van der Waals surface area contributed by atoms with E-state index in [1.54, 1.807) is 27.6 Å². The van der Waals surface area contributed by atoms with Crippen molar-refractivity contribution in [2.75, 3.05) is 24.5 Å². The maximum absolute atomic E-state index is 16.1. The molecule has 4 heterocycles. The summed E-state index contributed by atoms with van der Waals surface area (Å²) >= 11 is 0. The Kier molecular flexibility index (Phi) is 6.06. The van der Waals surface area contributed by atoms with Crippen LogP contribution in [0.3, 0.4) is 0 Å². The lowest BCUT2D eigenvalue weighted by molar-refractivity contribution is -0.121. The van der Waals surface area contributed by atoms with Gasteiger partial charge >= 0.3 is 0 Å². The number of rotatable bonds is 5. The van der Waals surface area contributed by atoms with Gasteiger partial charge in [0, 0.05) is 42.5 Å². The van der Waals surface area contributed by atoms with E-state index in [0.717, 1.165) is 30.5 Å². The second-order valence-electron chi connectivity index (χ2n) is 11.5. The Balaban J connectivity index is 1.24. The second kappa shape index (κ2) is 9.68. The molecular formula is C32H31F2N5O2. The average molecular weight is 556 g/mol. The van der Waals surface area contributed by atoms with Crippen molar-refractivity contribution < 1.29 is 18.4 Å². The van der Waals surface area contributed by atoms with Gasteiger partial charge in [0.25, 0.3) is 5.91 Å². The molecule has 2 atom stereocenters. The maximum Gasteiger partial charge on any atom is 0.257 e. The number of carbonyl (C=O) groups is 2. The van der Waals surface area contributed by atoms with Crippen molar-refractivity contribution >= 4 is 23.0 Å². The second-order valence-corrected chi connectivity index (χ2v) is 11.5. The standard InChI is InChI=1S/C32H31F2N5O2/c1-18-23-5-3-2-4-19(23)11-13-38(18)32(41)25-15-28(20-6-7-20)39-29(30(25)34)16-27(36-39)24-9-8-22(14-26(24)33)37-12-10-21(17-37)31(35)40/h2-5,8-9,14-16,18,20-21H,6-7,10-13,17H2,1H3,(H2,35,40)/t18-,21+/m1/s1. The number of fused-ring (bicyclic) bond motifs is 2. The molecule has 2 aromatic heterocycles. The zero-order chi connectivity index (χ0) is 28.4. The number of aromatic nitrogens is 2. The van der Waals surface area contributed by atoms with E-state index in [9.17, 15) is 9.59 Å². The van der Waals surface area contributed by atoms with Crippen LogP contribution in [0.1, 0.15) is 65.3 Å². The average Bonchev–Trinajstić information content (AvgIpc) is 3.50. The van der Waals surface area contributed by atoms with Gasteiger partial charge in [0.1, 0.15) is 11.3 Å². The lowest BCUT2D eigenvalue weighted by Gasteiger charge is -2.35. The fourth-order valence-corrected chi connectivity index (χ4v) is 6.44. The van der Waals surface area contributed by atoms with Gasteiger partial charge in [-0.3, -0.25) is 9.59 Å². The van der Waals surface area contributed by atoms with Crippen molar-refractivity contribution in [1.82, 2.24) is 14.5 Å². The summed E-state index contributed by atoms with van der Waals surface area (Å²) in [5.74, 6) is -1.89. The summed E-state index contributed by atoms with van der Waals surface area (Å²) in [5, 5.41) is 4.62. The lowest BCUT2D eigenvalue weighted by atomic mass is 9.93. The predicted octanol–water partition coefficient (Wildman–Crippen LogP) is 5.23. The van der Waals surface area contributed by atoms with Crippen LogP contribution in [0.5, 0.6) is 0 Å². The van der Waals surface area contributed by atoms with Gasteiger partial charge in [-0.25, -0.2) is 13.3 Å². The predicted molar refractivity (Wildman–Crippen MR) is 152 cm³/mol. The van der Waals surface area contributed by atoms with Crippen molar-refractivity contribution in [3.63, 3.8) is 0 Å². The van der Waals surface area contributed by atoms with Crippen molar-refractivity contribution in [1.29, 1.82) is 0 Å². The molecule has 2 N–H and O–H groups in total. The van der Waals surface area contributed by atoms with E-state index in [1.807, 2.05) is 30.0 Å². The van der Waals surface area contributed by atoms with Gasteiger partial charge in [-0.05, 0) is 74.1 Å². The van der Waals surface area contributed by atoms with E-state index in [2.05, 4.69) is 11.2 Å². The molecule has 0 spiro atoms. The van der Waals surface area contributed by atoms with Gasteiger partial charge < -0.3 is 15.5 Å². The van der Waals surface area contributed by atoms with Gasteiger partial charge in [-0.2, -0.15) is 5.10 Å². The van der Waals surface area contributed by atoms with E-state index >= 15 is 8.78 Å². The van der Waals surface area contributed by atoms with Crippen molar-refractivity contribution in [3.8, 4) is 11.3 Å². The molecule has 4 aromatic rings. The van der Waals surface area contributed by atoms with E-state index in [4.69, 9.17) is 5.73 Å². The third kappa shape index (κ3) is 4.34. The van der Waals surface area contributed by atoms with E-state index in [0.29, 0.717) is 37.4 Å². The highest BCUT2D eigenvalue weighted by Crippen LogP contribution is 2.42. The molecule has 2 aromatic carbocycles. The first-order valence-electron chi connectivity index (χ1n) is 14.2. The monoisotopic (exact) mass is 555 g/mol. The zero-order valence-electron chi connectivity index (χ0n) is 22.8. The van der Waals surface area contributed by atoms with Crippen LogP contribution < -0.4 is 10.6 Å². The number of amides is 2. The van der Waals surface area contributed by atoms with E-state index in [1.165, 1.54) is 17.7 Å². The van der Waals surface area contributed by atoms with E-state index in [-0.39, 0.29) is 46.3 Å². The molecule has 2 aliphatic heterocycles. The normalized spacial score (nSPS) is 20.5. The number of hydrogen-bond acceptors (Lipinski definition) is 4. The molecule has 41 heavy (non-hydrogen) atoms. The van der Waals surface area contributed by atoms with Crippen LogP contribution in [0.2, 0.25) is 0 Å². The quantitative estimate of drug-likeness (QED) is 0.366. The number of halogens is 2. The summed E-state index contributed by atoms with van der Waals surface area (Å²) in [5.41, 5.74) is 9.93. The van der Waals surface area contributed by atoms with Crippen LogP contribution in [0.4, 0.5) is 14.5 Å². The van der Waals surface area contributed by atoms with Crippen LogP contribution in [0, 0.1) is 17.6 Å². The maximum atomic E-state index is 16.1. The van der Waals surface area contributed by atoms with E-state index < -0.39 is 11.6 Å². The Hall–Kier alpha value is -4.27. The molecule has 9 heteroatoms. The number of anilines is 1. The fraction of sp³-hybridized carbons (Fsp3) is 0.344. The summed E-state index contributed by atoms with van der Waals surface area (Å²) in [6, 6.07) is 15.9. The first-order chi connectivity index (χ1) is 19.8. The van der Waals surface area contributed by atoms with Gasteiger partial charge in [-0.15, -0.1) is 0 Å². The molecule has 7 rings (SSSR count). The molecule has 3 aliphatic rings. The Labute approximate surface area is 236 Å². The van der Waals surface area contributed by atoms with Crippen molar-refractivity contribution in [3.05, 3.63) is 88.6 Å². The van der Waals surface area contributed by atoms with Crippen LogP contribution in [-0.2, 0) is 11.2 Å². The van der Waals surface area contributed by atoms with Gasteiger partial charge in [0.05, 0.1) is 23.2 Å². The molecule has 7 nitrogen and oxygen atoms in total. The molecule has 2 amide bonds. The minimum absolute atomic E-state index is 0.0333. The molecule has 0 bridgehead atoms. The molecule has 0 unspecified atom stereocenters. The number of carbonyl (C=O) groups excluding carboxylic acids is 2. The third-order valence-electron chi connectivity index (χ3n) is 8.97. The molecule has 2 fully saturated rings. The summed E-state index contributed by atoms with van der Waals surface area (Å²) in [6.07, 6.45) is 3.22. The van der Waals surface area contributed by atoms with Crippen molar-refractivity contribution in [2.24, 2.45) is 11.7 Å². The van der Waals surface area contributed by atoms with Crippen molar-refractivity contribution in [2.45, 2.75) is 44.6 Å². The Morgan fingerprint density at radius 3 is 2.54 bits per heavy atom.